The molecular weight excluding hydrogens is 202 g/mol. The molecule has 0 amide bonds. The Morgan fingerprint density at radius 3 is 2.56 bits per heavy atom. The summed E-state index contributed by atoms with van der Waals surface area (Å²) in [5.41, 5.74) is 3.80. The Bertz CT molecular complexity index is 374. The van der Waals surface area contributed by atoms with Crippen LogP contribution < -0.4 is 0 Å². The number of carboxylic acids is 1. The molecule has 1 rings (SSSR count). The van der Waals surface area contributed by atoms with E-state index in [2.05, 4.69) is 32.0 Å². The van der Waals surface area contributed by atoms with E-state index in [1.165, 1.54) is 16.7 Å². The molecule has 1 aromatic carbocycles. The van der Waals surface area contributed by atoms with Gasteiger partial charge in [0.05, 0.1) is 6.42 Å². The average molecular weight is 221 g/mol. The minimum Gasteiger partial charge on any atom is -0.481 e. The Morgan fingerprint density at radius 1 is 1.31 bits per heavy atom. The van der Waals surface area contributed by atoms with E-state index in [9.17, 15) is 4.79 Å². The Morgan fingerprint density at radius 2 is 2.00 bits per heavy atom. The van der Waals surface area contributed by atoms with Crippen LogP contribution in [0.1, 0.15) is 23.1 Å². The van der Waals surface area contributed by atoms with Crippen molar-refractivity contribution in [2.75, 3.05) is 13.6 Å². The van der Waals surface area contributed by atoms with Crippen molar-refractivity contribution in [2.24, 2.45) is 0 Å². The largest absolute Gasteiger partial charge is 0.481 e. The standard InChI is InChI=1S/C13H19NO2/c1-10-4-5-12(8-11(10)2)9-14(3)7-6-13(15)16/h4-5,8H,6-7,9H2,1-3H3,(H,15,16). The van der Waals surface area contributed by atoms with Crippen LogP contribution in [0.25, 0.3) is 0 Å². The van der Waals surface area contributed by atoms with Crippen molar-refractivity contribution in [3.8, 4) is 0 Å². The van der Waals surface area contributed by atoms with Gasteiger partial charge < -0.3 is 10.0 Å². The van der Waals surface area contributed by atoms with Crippen LogP contribution in [0, 0.1) is 13.8 Å². The summed E-state index contributed by atoms with van der Waals surface area (Å²) in [6.45, 7) is 5.57. The van der Waals surface area contributed by atoms with Crippen LogP contribution in [0.3, 0.4) is 0 Å². The zero-order chi connectivity index (χ0) is 12.1. The van der Waals surface area contributed by atoms with Crippen LogP contribution in [0.5, 0.6) is 0 Å². The molecule has 1 aromatic rings. The lowest BCUT2D eigenvalue weighted by Crippen LogP contribution is -2.21. The number of aryl methyl sites for hydroxylation is 2. The van der Waals surface area contributed by atoms with Gasteiger partial charge in [-0.3, -0.25) is 4.79 Å². The molecule has 0 aliphatic rings. The highest BCUT2D eigenvalue weighted by Crippen LogP contribution is 2.11. The van der Waals surface area contributed by atoms with Crippen molar-refractivity contribution in [2.45, 2.75) is 26.8 Å². The van der Waals surface area contributed by atoms with Crippen molar-refractivity contribution in [3.05, 3.63) is 34.9 Å². The van der Waals surface area contributed by atoms with Gasteiger partial charge in [0.2, 0.25) is 0 Å². The molecule has 0 unspecified atom stereocenters. The number of carboxylic acid groups (broad SMARTS) is 1. The van der Waals surface area contributed by atoms with Crippen LogP contribution >= 0.6 is 0 Å². The molecule has 0 heterocycles. The highest BCUT2D eigenvalue weighted by Gasteiger charge is 2.04. The molecule has 16 heavy (non-hydrogen) atoms. The highest BCUT2D eigenvalue weighted by atomic mass is 16.4. The van der Waals surface area contributed by atoms with Crippen LogP contribution in [0.15, 0.2) is 18.2 Å². The molecule has 3 heteroatoms. The van der Waals surface area contributed by atoms with Gasteiger partial charge in [-0.15, -0.1) is 0 Å². The summed E-state index contributed by atoms with van der Waals surface area (Å²) in [7, 11) is 1.94. The summed E-state index contributed by atoms with van der Waals surface area (Å²) in [6, 6.07) is 6.36. The molecule has 0 saturated carbocycles. The van der Waals surface area contributed by atoms with E-state index in [4.69, 9.17) is 5.11 Å². The minimum absolute atomic E-state index is 0.196. The van der Waals surface area contributed by atoms with Gasteiger partial charge in [-0.2, -0.15) is 0 Å². The summed E-state index contributed by atoms with van der Waals surface area (Å²) in [5, 5.41) is 8.58. The molecule has 0 radical (unpaired) electrons. The van der Waals surface area contributed by atoms with Gasteiger partial charge in [0, 0.05) is 13.1 Å². The lowest BCUT2D eigenvalue weighted by Gasteiger charge is -2.16. The SMILES string of the molecule is Cc1ccc(CN(C)CCC(=O)O)cc1C. The van der Waals surface area contributed by atoms with E-state index in [-0.39, 0.29) is 6.42 Å². The first-order valence-electron chi connectivity index (χ1n) is 5.45. The van der Waals surface area contributed by atoms with Crippen molar-refractivity contribution >= 4 is 5.97 Å². The van der Waals surface area contributed by atoms with E-state index in [1.54, 1.807) is 0 Å². The molecule has 0 aromatic heterocycles. The molecule has 1 N–H and O–H groups in total. The fraction of sp³-hybridized carbons (Fsp3) is 0.462. The maximum atomic E-state index is 10.4. The molecule has 3 nitrogen and oxygen atoms in total. The Labute approximate surface area is 96.7 Å². The zero-order valence-electron chi connectivity index (χ0n) is 10.2. The van der Waals surface area contributed by atoms with Gasteiger partial charge in [-0.05, 0) is 37.6 Å². The predicted molar refractivity (Wildman–Crippen MR) is 64.5 cm³/mol. The lowest BCUT2D eigenvalue weighted by molar-refractivity contribution is -0.137. The molecule has 0 atom stereocenters. The van der Waals surface area contributed by atoms with Gasteiger partial charge in [0.1, 0.15) is 0 Å². The first-order chi connectivity index (χ1) is 7.49. The van der Waals surface area contributed by atoms with Crippen LogP contribution in [0.2, 0.25) is 0 Å². The first-order valence-corrected chi connectivity index (χ1v) is 5.45. The first kappa shape index (κ1) is 12.7. The second-order valence-corrected chi connectivity index (χ2v) is 4.30. The van der Waals surface area contributed by atoms with E-state index >= 15 is 0 Å². The fourth-order valence-corrected chi connectivity index (χ4v) is 1.58. The number of hydrogen-bond acceptors (Lipinski definition) is 2. The van der Waals surface area contributed by atoms with Crippen LogP contribution in [-0.4, -0.2) is 29.6 Å². The van der Waals surface area contributed by atoms with Crippen molar-refractivity contribution in [1.29, 1.82) is 0 Å². The number of rotatable bonds is 5. The summed E-state index contributed by atoms with van der Waals surface area (Å²) in [5.74, 6) is -0.744. The number of nitrogens with zero attached hydrogens (tertiary/aromatic N) is 1. The molecular formula is C13H19NO2. The van der Waals surface area contributed by atoms with Gasteiger partial charge in [-0.1, -0.05) is 18.2 Å². The van der Waals surface area contributed by atoms with Gasteiger partial charge >= 0.3 is 5.97 Å². The highest BCUT2D eigenvalue weighted by molar-refractivity contribution is 5.66. The molecule has 0 aliphatic carbocycles. The zero-order valence-corrected chi connectivity index (χ0v) is 10.2. The third-order valence-corrected chi connectivity index (χ3v) is 2.73. The van der Waals surface area contributed by atoms with E-state index in [1.807, 2.05) is 11.9 Å². The quantitative estimate of drug-likeness (QED) is 0.828. The normalized spacial score (nSPS) is 10.8. The third kappa shape index (κ3) is 4.03. The van der Waals surface area contributed by atoms with Crippen LogP contribution in [-0.2, 0) is 11.3 Å². The van der Waals surface area contributed by atoms with Gasteiger partial charge in [-0.25, -0.2) is 0 Å². The summed E-state index contributed by atoms with van der Waals surface area (Å²) in [4.78, 5) is 12.5. The molecule has 0 saturated heterocycles. The fourth-order valence-electron chi connectivity index (χ4n) is 1.58. The van der Waals surface area contributed by atoms with E-state index in [0.29, 0.717) is 6.54 Å². The average Bonchev–Trinajstić information content (AvgIpc) is 2.21. The van der Waals surface area contributed by atoms with Crippen molar-refractivity contribution in [1.82, 2.24) is 4.90 Å². The Balaban J connectivity index is 2.52. The number of aliphatic carboxylic acids is 1. The Hall–Kier alpha value is -1.35. The van der Waals surface area contributed by atoms with Gasteiger partial charge in [0.25, 0.3) is 0 Å². The number of carbonyl (C=O) groups is 1. The second kappa shape index (κ2) is 5.66. The topological polar surface area (TPSA) is 40.5 Å². The predicted octanol–water partition coefficient (Wildman–Crippen LogP) is 2.21. The van der Waals surface area contributed by atoms with Crippen LogP contribution in [0.4, 0.5) is 0 Å². The molecule has 0 bridgehead atoms. The smallest absolute Gasteiger partial charge is 0.304 e. The van der Waals surface area contributed by atoms with Gasteiger partial charge in [0.15, 0.2) is 0 Å². The summed E-state index contributed by atoms with van der Waals surface area (Å²) in [6.07, 6.45) is 0.196. The maximum absolute atomic E-state index is 10.4. The Kier molecular flexibility index (Phi) is 4.50. The molecule has 0 spiro atoms. The van der Waals surface area contributed by atoms with Crippen molar-refractivity contribution in [3.63, 3.8) is 0 Å². The lowest BCUT2D eigenvalue weighted by atomic mass is 10.1. The van der Waals surface area contributed by atoms with Crippen molar-refractivity contribution < 1.29 is 9.90 Å². The number of benzene rings is 1. The second-order valence-electron chi connectivity index (χ2n) is 4.30. The maximum Gasteiger partial charge on any atom is 0.304 e. The summed E-state index contributed by atoms with van der Waals surface area (Å²) < 4.78 is 0. The van der Waals surface area contributed by atoms with E-state index in [0.717, 1.165) is 6.54 Å². The third-order valence-electron chi connectivity index (χ3n) is 2.73. The summed E-state index contributed by atoms with van der Waals surface area (Å²) >= 11 is 0. The monoisotopic (exact) mass is 221 g/mol. The molecule has 0 fully saturated rings. The van der Waals surface area contributed by atoms with E-state index < -0.39 is 5.97 Å². The number of hydrogen-bond donors (Lipinski definition) is 1. The minimum atomic E-state index is -0.744. The molecule has 88 valence electrons. The molecule has 0 aliphatic heterocycles.